The lowest BCUT2D eigenvalue weighted by Gasteiger charge is -2.45. The van der Waals surface area contributed by atoms with E-state index >= 15 is 0 Å². The highest BCUT2D eigenvalue weighted by Crippen LogP contribution is 2.47. The van der Waals surface area contributed by atoms with E-state index in [1.807, 2.05) is 56.6 Å². The van der Waals surface area contributed by atoms with Gasteiger partial charge in [0.25, 0.3) is 5.91 Å². The van der Waals surface area contributed by atoms with Gasteiger partial charge in [-0.1, -0.05) is 6.07 Å². The third-order valence-corrected chi connectivity index (χ3v) is 11.8. The molecule has 3 aromatic rings. The molecular weight excluding hydrogens is 695 g/mol. The molecule has 2 saturated heterocycles. The highest BCUT2D eigenvalue weighted by Gasteiger charge is 2.50. The number of hydrogen-bond donors (Lipinski definition) is 1. The van der Waals surface area contributed by atoms with Gasteiger partial charge in [-0.25, -0.2) is 9.18 Å². The van der Waals surface area contributed by atoms with Gasteiger partial charge in [0.2, 0.25) is 0 Å². The van der Waals surface area contributed by atoms with Crippen molar-refractivity contribution >= 4 is 23.5 Å². The Morgan fingerprint density at radius 1 is 1.13 bits per heavy atom. The summed E-state index contributed by atoms with van der Waals surface area (Å²) in [6.45, 7) is 11.4. The molecule has 0 bridgehead atoms. The summed E-state index contributed by atoms with van der Waals surface area (Å²) in [5, 5.41) is 14.9. The Morgan fingerprint density at radius 3 is 2.70 bits per heavy atom. The number of alkyl halides is 1. The van der Waals surface area contributed by atoms with Gasteiger partial charge >= 0.3 is 12.1 Å². The Labute approximate surface area is 315 Å². The van der Waals surface area contributed by atoms with Crippen LogP contribution in [0.25, 0.3) is 0 Å². The molecule has 5 aliphatic heterocycles. The van der Waals surface area contributed by atoms with Crippen LogP contribution in [-0.4, -0.2) is 111 Å². The summed E-state index contributed by atoms with van der Waals surface area (Å²) in [5.74, 6) is 0.541. The van der Waals surface area contributed by atoms with Crippen molar-refractivity contribution in [1.29, 1.82) is 0 Å². The summed E-state index contributed by atoms with van der Waals surface area (Å²) in [4.78, 5) is 42.8. The highest BCUT2D eigenvalue weighted by molar-refractivity contribution is 5.92. The number of aryl methyl sites for hydroxylation is 1. The number of fused-ring (bicyclic) bond motifs is 5. The molecule has 7 heterocycles. The van der Waals surface area contributed by atoms with Crippen LogP contribution in [0.2, 0.25) is 0 Å². The van der Waals surface area contributed by atoms with E-state index in [-0.39, 0.29) is 36.8 Å². The Bertz CT molecular complexity index is 1960. The molecule has 8 rings (SSSR count). The Morgan fingerprint density at radius 2 is 1.94 bits per heavy atom. The van der Waals surface area contributed by atoms with E-state index in [9.17, 15) is 19.1 Å². The van der Waals surface area contributed by atoms with Crippen LogP contribution in [0.15, 0.2) is 24.3 Å². The van der Waals surface area contributed by atoms with E-state index in [4.69, 9.17) is 24.2 Å². The van der Waals surface area contributed by atoms with E-state index < -0.39 is 23.4 Å². The third-order valence-electron chi connectivity index (χ3n) is 11.8. The second-order valence-electron chi connectivity index (χ2n) is 16.8. The molecule has 0 radical (unpaired) electrons. The quantitative estimate of drug-likeness (QED) is 0.362. The summed E-state index contributed by atoms with van der Waals surface area (Å²) in [6.07, 6.45) is 1.27. The van der Waals surface area contributed by atoms with Crippen molar-refractivity contribution in [3.63, 3.8) is 0 Å². The molecule has 14 nitrogen and oxygen atoms in total. The average molecular weight is 747 g/mol. The molecule has 1 aromatic carbocycles. The molecule has 54 heavy (non-hydrogen) atoms. The summed E-state index contributed by atoms with van der Waals surface area (Å²) in [7, 11) is 3.43. The van der Waals surface area contributed by atoms with Crippen LogP contribution in [0.1, 0.15) is 98.0 Å². The number of ether oxygens (including phenoxy) is 3. The summed E-state index contributed by atoms with van der Waals surface area (Å²) >= 11 is 0. The van der Waals surface area contributed by atoms with Crippen LogP contribution >= 0.6 is 0 Å². The zero-order chi connectivity index (χ0) is 38.2. The molecule has 0 unspecified atom stereocenters. The van der Waals surface area contributed by atoms with Crippen molar-refractivity contribution in [1.82, 2.24) is 29.5 Å². The topological polar surface area (TPSA) is 139 Å². The van der Waals surface area contributed by atoms with Crippen LogP contribution in [0.5, 0.6) is 6.01 Å². The maximum atomic E-state index is 14.7. The van der Waals surface area contributed by atoms with Crippen molar-refractivity contribution in [2.75, 3.05) is 56.7 Å². The van der Waals surface area contributed by atoms with E-state index in [2.05, 4.69) is 14.9 Å². The molecule has 0 aliphatic carbocycles. The number of anilines is 2. The van der Waals surface area contributed by atoms with Crippen LogP contribution < -0.4 is 14.5 Å². The summed E-state index contributed by atoms with van der Waals surface area (Å²) < 4.78 is 36.4. The first kappa shape index (κ1) is 36.6. The number of aromatic nitrogens is 4. The molecule has 15 heteroatoms. The van der Waals surface area contributed by atoms with Crippen LogP contribution in [0.4, 0.5) is 20.7 Å². The Hall–Kier alpha value is -4.34. The van der Waals surface area contributed by atoms with E-state index in [1.54, 1.807) is 14.1 Å². The summed E-state index contributed by atoms with van der Waals surface area (Å²) in [6, 6.07) is 7.79. The lowest BCUT2D eigenvalue weighted by molar-refractivity contribution is -0.148. The highest BCUT2D eigenvalue weighted by atomic mass is 19.1. The first-order valence-electron chi connectivity index (χ1n) is 19.0. The zero-order valence-corrected chi connectivity index (χ0v) is 32.1. The molecule has 2 amide bonds. The maximum Gasteiger partial charge on any atom is 0.412 e. The Kier molecular flexibility index (Phi) is 9.12. The monoisotopic (exact) mass is 746 g/mol. The normalized spacial score (nSPS) is 26.5. The standard InChI is InChI=1S/C39H51FN8O6/c1-24-28-10-9-26(48(36(50)51)37(2,3)4)15-30(28)39(23-52-24)18-32-29(21-54-39)33(42-35(41-32)53-22-38-11-7-13-46(38)19-25(40)17-38)45-12-8-14-47-27(20-45)16-31(43-47)34(49)44(5)6/h9-10,15-16,24-25H,7-8,11-14,17-23H2,1-6H3,(H,50,51)/t24-,25+,38-,39+/m0/s1. The van der Waals surface area contributed by atoms with Crippen molar-refractivity contribution in [3.8, 4) is 6.01 Å². The number of amides is 2. The van der Waals surface area contributed by atoms with Crippen molar-refractivity contribution in [2.24, 2.45) is 0 Å². The number of nitrogens with zero attached hydrogens (tertiary/aromatic N) is 8. The van der Waals surface area contributed by atoms with E-state index in [1.165, 1.54) is 9.80 Å². The minimum Gasteiger partial charge on any atom is -0.465 e. The van der Waals surface area contributed by atoms with Gasteiger partial charge in [-0.15, -0.1) is 0 Å². The Balaban J connectivity index is 1.19. The summed E-state index contributed by atoms with van der Waals surface area (Å²) in [5.41, 5.74) is 3.27. The maximum absolute atomic E-state index is 14.7. The van der Waals surface area contributed by atoms with Crippen molar-refractivity contribution in [3.05, 3.63) is 58.0 Å². The van der Waals surface area contributed by atoms with Gasteiger partial charge in [0, 0.05) is 63.4 Å². The minimum atomic E-state index is -1.04. The fraction of sp³-hybridized carbons (Fsp3) is 0.615. The van der Waals surface area contributed by atoms with E-state index in [0.29, 0.717) is 62.8 Å². The van der Waals surface area contributed by atoms with Crippen LogP contribution in [0.3, 0.4) is 0 Å². The van der Waals surface area contributed by atoms with Gasteiger partial charge in [-0.05, 0) is 82.8 Å². The second kappa shape index (κ2) is 13.4. The van der Waals surface area contributed by atoms with Gasteiger partial charge in [0.1, 0.15) is 24.2 Å². The van der Waals surface area contributed by atoms with Gasteiger partial charge < -0.3 is 29.1 Å². The second-order valence-corrected chi connectivity index (χ2v) is 16.8. The minimum absolute atomic E-state index is 0.153. The van der Waals surface area contributed by atoms with Crippen LogP contribution in [0, 0.1) is 0 Å². The number of rotatable bonds is 6. The van der Waals surface area contributed by atoms with E-state index in [0.717, 1.165) is 53.9 Å². The van der Waals surface area contributed by atoms with Gasteiger partial charge in [-0.3, -0.25) is 19.3 Å². The van der Waals surface area contributed by atoms with Gasteiger partial charge in [0.05, 0.1) is 42.8 Å². The average Bonchev–Trinajstić information content (AvgIpc) is 3.74. The first-order valence-corrected chi connectivity index (χ1v) is 19.0. The lowest BCUT2D eigenvalue weighted by atomic mass is 9.80. The molecule has 0 saturated carbocycles. The third kappa shape index (κ3) is 6.37. The molecule has 1 N–H and O–H groups in total. The number of carbonyl (C=O) groups excluding carboxylic acids is 1. The number of halogens is 1. The largest absolute Gasteiger partial charge is 0.465 e. The molecule has 2 aromatic heterocycles. The molecular formula is C39H51FN8O6. The zero-order valence-electron chi connectivity index (χ0n) is 32.1. The lowest BCUT2D eigenvalue weighted by Crippen LogP contribution is -2.47. The predicted molar refractivity (Wildman–Crippen MR) is 198 cm³/mol. The number of benzene rings is 1. The van der Waals surface area contributed by atoms with Crippen molar-refractivity contribution < 1.29 is 33.3 Å². The van der Waals surface area contributed by atoms with Gasteiger partial charge in [0.15, 0.2) is 5.69 Å². The predicted octanol–water partition coefficient (Wildman–Crippen LogP) is 5.08. The number of carbonyl (C=O) groups is 2. The fourth-order valence-electron chi connectivity index (χ4n) is 9.18. The number of carboxylic acid groups (broad SMARTS) is 1. The fourth-order valence-corrected chi connectivity index (χ4v) is 9.18. The first-order chi connectivity index (χ1) is 25.7. The molecule has 290 valence electrons. The SMILES string of the molecule is C[C@@H]1OC[C@]2(Cc3nc(OC[C@@]45CCCN4C[C@H](F)C5)nc(N4CCCn5nc(C(=O)N(C)C)cc5C4)c3CO2)c2cc(N(C(=O)O)C(C)(C)C)ccc21. The smallest absolute Gasteiger partial charge is 0.412 e. The molecule has 2 fully saturated rings. The molecule has 1 spiro atoms. The number of hydrogen-bond acceptors (Lipinski definition) is 10. The van der Waals surface area contributed by atoms with Crippen LogP contribution in [-0.2, 0) is 41.2 Å². The van der Waals surface area contributed by atoms with Gasteiger partial charge in [-0.2, -0.15) is 15.1 Å². The molecule has 5 aliphatic rings. The van der Waals surface area contributed by atoms with Crippen molar-refractivity contribution in [2.45, 2.75) is 108 Å². The molecule has 4 atom stereocenters.